The molecule has 1 fully saturated rings. The van der Waals surface area contributed by atoms with E-state index in [2.05, 4.69) is 50.5 Å². The van der Waals surface area contributed by atoms with Gasteiger partial charge in [0.1, 0.15) is 11.6 Å². The Labute approximate surface area is 186 Å². The second-order valence-corrected chi connectivity index (χ2v) is 8.60. The molecule has 2 aromatic carbocycles. The van der Waals surface area contributed by atoms with Crippen molar-refractivity contribution in [3.8, 4) is 0 Å². The maximum absolute atomic E-state index is 13.0. The molecule has 0 radical (unpaired) electrons. The third kappa shape index (κ3) is 6.28. The summed E-state index contributed by atoms with van der Waals surface area (Å²) in [4.78, 5) is 23.4. The Balaban J connectivity index is 1.26. The first-order chi connectivity index (χ1) is 15.2. The van der Waals surface area contributed by atoms with Crippen LogP contribution >= 0.6 is 11.8 Å². The molecule has 0 saturated carbocycles. The molecule has 1 N–H and O–H groups in total. The van der Waals surface area contributed by atoms with E-state index in [1.165, 1.54) is 41.6 Å². The quantitative estimate of drug-likeness (QED) is 0.426. The van der Waals surface area contributed by atoms with E-state index >= 15 is 0 Å². The highest BCUT2D eigenvalue weighted by Gasteiger charge is 2.21. The minimum absolute atomic E-state index is 0.174. The highest BCUT2D eigenvalue weighted by molar-refractivity contribution is 7.99. The molecule has 4 rings (SSSR count). The molecule has 0 atom stereocenters. The average molecular weight is 437 g/mol. The van der Waals surface area contributed by atoms with Crippen molar-refractivity contribution in [1.82, 2.24) is 9.97 Å². The van der Waals surface area contributed by atoms with E-state index in [9.17, 15) is 9.18 Å². The summed E-state index contributed by atoms with van der Waals surface area (Å²) in [5.74, 6) is 1.30. The van der Waals surface area contributed by atoms with Crippen molar-refractivity contribution in [2.24, 2.45) is 5.92 Å². The molecule has 0 unspecified atom stereocenters. The number of hydrogen-bond acceptors (Lipinski definition) is 5. The highest BCUT2D eigenvalue weighted by atomic mass is 32.2. The monoisotopic (exact) mass is 436 g/mol. The lowest BCUT2D eigenvalue weighted by Crippen LogP contribution is -2.35. The molecule has 1 amide bonds. The van der Waals surface area contributed by atoms with E-state index < -0.39 is 0 Å². The first kappa shape index (κ1) is 21.3. The number of hydrogen-bond donors (Lipinski definition) is 1. The van der Waals surface area contributed by atoms with Gasteiger partial charge in [-0.2, -0.15) is 0 Å². The van der Waals surface area contributed by atoms with Crippen molar-refractivity contribution < 1.29 is 9.18 Å². The van der Waals surface area contributed by atoms with Crippen molar-refractivity contribution in [2.45, 2.75) is 24.4 Å². The number of thioether (sulfide) groups is 1. The van der Waals surface area contributed by atoms with Crippen LogP contribution < -0.4 is 10.2 Å². The Kier molecular flexibility index (Phi) is 7.14. The van der Waals surface area contributed by atoms with Gasteiger partial charge in [0, 0.05) is 25.0 Å². The van der Waals surface area contributed by atoms with E-state index in [0.29, 0.717) is 16.8 Å². The van der Waals surface area contributed by atoms with E-state index in [4.69, 9.17) is 0 Å². The van der Waals surface area contributed by atoms with E-state index in [0.717, 1.165) is 38.2 Å². The van der Waals surface area contributed by atoms with Crippen molar-refractivity contribution in [1.29, 1.82) is 0 Å². The zero-order chi connectivity index (χ0) is 21.5. The lowest BCUT2D eigenvalue weighted by molar-refractivity contribution is -0.113. The van der Waals surface area contributed by atoms with Gasteiger partial charge in [0.15, 0.2) is 5.16 Å². The zero-order valence-electron chi connectivity index (χ0n) is 17.2. The number of nitrogens with zero attached hydrogens (tertiary/aromatic N) is 3. The van der Waals surface area contributed by atoms with E-state index in [1.807, 2.05) is 6.07 Å². The second-order valence-electron chi connectivity index (χ2n) is 7.66. The Bertz CT molecular complexity index is 992. The van der Waals surface area contributed by atoms with Crippen LogP contribution in [0.1, 0.15) is 18.4 Å². The molecule has 1 aliphatic rings. The first-order valence-corrected chi connectivity index (χ1v) is 11.4. The summed E-state index contributed by atoms with van der Waals surface area (Å²) in [6, 6.07) is 18.3. The number of amides is 1. The van der Waals surface area contributed by atoms with Gasteiger partial charge in [-0.15, -0.1) is 0 Å². The summed E-state index contributed by atoms with van der Waals surface area (Å²) >= 11 is 1.30. The first-order valence-electron chi connectivity index (χ1n) is 10.5. The van der Waals surface area contributed by atoms with Crippen LogP contribution in [0.2, 0.25) is 0 Å². The molecule has 3 aromatic rings. The maximum atomic E-state index is 13.0. The van der Waals surface area contributed by atoms with E-state index in [1.54, 1.807) is 6.20 Å². The maximum Gasteiger partial charge on any atom is 0.234 e. The summed E-state index contributed by atoms with van der Waals surface area (Å²) in [5.41, 5.74) is 1.97. The van der Waals surface area contributed by atoms with Crippen molar-refractivity contribution in [3.63, 3.8) is 0 Å². The predicted octanol–water partition coefficient (Wildman–Crippen LogP) is 4.81. The van der Waals surface area contributed by atoms with Crippen LogP contribution in [-0.4, -0.2) is 34.7 Å². The molecule has 0 bridgehead atoms. The van der Waals surface area contributed by atoms with Gasteiger partial charge in [0.05, 0.1) is 5.75 Å². The fraction of sp³-hybridized carbons (Fsp3) is 0.292. The summed E-state index contributed by atoms with van der Waals surface area (Å²) in [5, 5.41) is 3.33. The number of aromatic nitrogens is 2. The third-order valence-corrected chi connectivity index (χ3v) is 6.25. The number of nitrogens with one attached hydrogen (secondary N) is 1. The average Bonchev–Trinajstić information content (AvgIpc) is 2.81. The topological polar surface area (TPSA) is 58.1 Å². The Morgan fingerprint density at radius 3 is 2.55 bits per heavy atom. The molecule has 1 saturated heterocycles. The molecule has 0 aliphatic carbocycles. The molecule has 5 nitrogen and oxygen atoms in total. The normalized spacial score (nSPS) is 14.4. The smallest absolute Gasteiger partial charge is 0.234 e. The summed E-state index contributed by atoms with van der Waals surface area (Å²) in [7, 11) is 0. The van der Waals surface area contributed by atoms with Crippen LogP contribution in [0.25, 0.3) is 0 Å². The van der Waals surface area contributed by atoms with Gasteiger partial charge in [-0.25, -0.2) is 14.4 Å². The second kappa shape index (κ2) is 10.4. The van der Waals surface area contributed by atoms with Gasteiger partial charge in [-0.3, -0.25) is 4.79 Å². The molecular formula is C24H25FN4OS. The van der Waals surface area contributed by atoms with Crippen molar-refractivity contribution in [2.75, 3.05) is 29.1 Å². The molecular weight excluding hydrogens is 411 g/mol. The fourth-order valence-electron chi connectivity index (χ4n) is 3.75. The van der Waals surface area contributed by atoms with Crippen LogP contribution in [0.3, 0.4) is 0 Å². The number of rotatable bonds is 7. The summed E-state index contributed by atoms with van der Waals surface area (Å²) in [6.07, 6.45) is 5.16. The highest BCUT2D eigenvalue weighted by Crippen LogP contribution is 2.26. The molecule has 0 spiro atoms. The molecule has 2 heterocycles. The van der Waals surface area contributed by atoms with Crippen LogP contribution in [0.15, 0.2) is 72.0 Å². The zero-order valence-corrected chi connectivity index (χ0v) is 18.0. The van der Waals surface area contributed by atoms with Gasteiger partial charge >= 0.3 is 0 Å². The third-order valence-electron chi connectivity index (χ3n) is 5.38. The van der Waals surface area contributed by atoms with Crippen LogP contribution in [0.5, 0.6) is 0 Å². The lowest BCUT2D eigenvalue weighted by atomic mass is 9.90. The number of piperidine rings is 1. The molecule has 160 valence electrons. The summed E-state index contributed by atoms with van der Waals surface area (Å²) < 4.78 is 13.0. The molecule has 1 aromatic heterocycles. The minimum atomic E-state index is -0.332. The Morgan fingerprint density at radius 1 is 1.06 bits per heavy atom. The number of carbonyl (C=O) groups excluding carboxylic acids is 1. The van der Waals surface area contributed by atoms with Gasteiger partial charge < -0.3 is 10.2 Å². The summed E-state index contributed by atoms with van der Waals surface area (Å²) in [6.45, 7) is 1.95. The standard InChI is InChI=1S/C24H25FN4OS/c25-20-6-8-21(9-7-20)27-23(30)17-31-24-26-13-10-22(28-24)29-14-11-19(12-15-29)16-18-4-2-1-3-5-18/h1-10,13,19H,11-12,14-17H2,(H,27,30). The molecule has 1 aliphatic heterocycles. The van der Waals surface area contributed by atoms with E-state index in [-0.39, 0.29) is 17.5 Å². The lowest BCUT2D eigenvalue weighted by Gasteiger charge is -2.33. The van der Waals surface area contributed by atoms with Crippen LogP contribution in [0.4, 0.5) is 15.9 Å². The largest absolute Gasteiger partial charge is 0.356 e. The SMILES string of the molecule is O=C(CSc1nccc(N2CCC(Cc3ccccc3)CC2)n1)Nc1ccc(F)cc1. The Hall–Kier alpha value is -2.93. The number of benzene rings is 2. The van der Waals surface area contributed by atoms with Crippen LogP contribution in [0, 0.1) is 11.7 Å². The van der Waals surface area contributed by atoms with Gasteiger partial charge in [0.25, 0.3) is 0 Å². The van der Waals surface area contributed by atoms with Crippen molar-refractivity contribution in [3.05, 3.63) is 78.2 Å². The van der Waals surface area contributed by atoms with Crippen LogP contribution in [-0.2, 0) is 11.2 Å². The fourth-order valence-corrected chi connectivity index (χ4v) is 4.38. The number of halogens is 1. The number of anilines is 2. The minimum Gasteiger partial charge on any atom is -0.356 e. The Morgan fingerprint density at radius 2 is 1.81 bits per heavy atom. The number of carbonyl (C=O) groups is 1. The predicted molar refractivity (Wildman–Crippen MR) is 123 cm³/mol. The molecule has 31 heavy (non-hydrogen) atoms. The van der Waals surface area contributed by atoms with Gasteiger partial charge in [-0.05, 0) is 61.1 Å². The van der Waals surface area contributed by atoms with Gasteiger partial charge in [-0.1, -0.05) is 42.1 Å². The van der Waals surface area contributed by atoms with Crippen molar-refractivity contribution >= 4 is 29.2 Å². The van der Waals surface area contributed by atoms with Gasteiger partial charge in [0.2, 0.25) is 5.91 Å². The molecule has 7 heteroatoms.